The summed E-state index contributed by atoms with van der Waals surface area (Å²) in [6.07, 6.45) is 2.40. The second-order valence-corrected chi connectivity index (χ2v) is 9.91. The Morgan fingerprint density at radius 1 is 1.20 bits per heavy atom. The van der Waals surface area contributed by atoms with Crippen molar-refractivity contribution in [1.82, 2.24) is 4.98 Å². The molecule has 2 atom stereocenters. The van der Waals surface area contributed by atoms with Gasteiger partial charge in [-0.3, -0.25) is 0 Å². The fourth-order valence-corrected chi connectivity index (χ4v) is 5.31. The van der Waals surface area contributed by atoms with Gasteiger partial charge in [-0.1, -0.05) is 36.0 Å². The number of benzene rings is 2. The number of fused-ring (bicyclic) bond motifs is 1. The molecular weight excluding hydrogens is 508 g/mol. The van der Waals surface area contributed by atoms with E-state index in [1.807, 2.05) is 42.6 Å². The van der Waals surface area contributed by atoms with Gasteiger partial charge >= 0.3 is 5.97 Å². The molecule has 2 heterocycles. The Labute approximate surface area is 218 Å². The van der Waals surface area contributed by atoms with E-state index in [0.717, 1.165) is 26.7 Å². The summed E-state index contributed by atoms with van der Waals surface area (Å²) >= 11 is 13.7. The van der Waals surface area contributed by atoms with E-state index < -0.39 is 12.2 Å². The largest absolute Gasteiger partial charge is 0.493 e. The molecule has 10 heteroatoms. The van der Waals surface area contributed by atoms with E-state index in [1.54, 1.807) is 25.6 Å². The third-order valence-corrected chi connectivity index (χ3v) is 7.32. The molecule has 2 aromatic carbocycles. The molecule has 184 valence electrons. The van der Waals surface area contributed by atoms with Crippen molar-refractivity contribution < 1.29 is 23.7 Å². The highest BCUT2D eigenvalue weighted by Gasteiger charge is 2.33. The minimum Gasteiger partial charge on any atom is -0.493 e. The number of hydrogen-bond donors (Lipinski definition) is 1. The number of halogens is 1. The lowest BCUT2D eigenvalue weighted by molar-refractivity contribution is 0.0495. The lowest BCUT2D eigenvalue weighted by Gasteiger charge is -2.24. The Hall–Kier alpha value is -2.72. The first-order valence-corrected chi connectivity index (χ1v) is 12.5. The van der Waals surface area contributed by atoms with Crippen LogP contribution in [0, 0.1) is 0 Å². The number of methoxy groups -OCH3 is 3. The summed E-state index contributed by atoms with van der Waals surface area (Å²) in [6, 6.07) is 11.3. The van der Waals surface area contributed by atoms with Gasteiger partial charge in [-0.15, -0.1) is 11.3 Å². The number of aromatic nitrogens is 1. The molecule has 0 unspecified atom stereocenters. The maximum atomic E-state index is 9.58. The number of ether oxygens (including phenoxy) is 4. The molecule has 1 aromatic heterocycles. The molecule has 0 amide bonds. The first kappa shape index (κ1) is 25.4. The highest BCUT2D eigenvalue weighted by atomic mass is 35.5. The van der Waals surface area contributed by atoms with Crippen molar-refractivity contribution in [2.75, 3.05) is 26.6 Å². The molecule has 1 aliphatic heterocycles. The van der Waals surface area contributed by atoms with Gasteiger partial charge in [0, 0.05) is 39.3 Å². The van der Waals surface area contributed by atoms with Crippen LogP contribution in [-0.4, -0.2) is 48.2 Å². The Morgan fingerprint density at radius 3 is 2.77 bits per heavy atom. The minimum absolute atomic E-state index is 0.00364. The van der Waals surface area contributed by atoms with Crippen LogP contribution in [0.25, 0.3) is 0 Å². The van der Waals surface area contributed by atoms with Gasteiger partial charge in [-0.2, -0.15) is 0 Å². The van der Waals surface area contributed by atoms with Gasteiger partial charge in [0.2, 0.25) is 0 Å². The van der Waals surface area contributed by atoms with Crippen molar-refractivity contribution >= 4 is 51.8 Å². The molecule has 4 rings (SSSR count). The van der Waals surface area contributed by atoms with Crippen LogP contribution in [0.3, 0.4) is 0 Å². The zero-order chi connectivity index (χ0) is 24.9. The topological polar surface area (TPSA) is 83.2 Å². The average molecular weight is 534 g/mol. The Kier molecular flexibility index (Phi) is 8.22. The van der Waals surface area contributed by atoms with Crippen LogP contribution in [0.4, 0.5) is 5.69 Å². The number of carbonyl (C=O) groups excluding carboxylic acids is 1. The van der Waals surface area contributed by atoms with Gasteiger partial charge in [0.1, 0.15) is 23.6 Å². The summed E-state index contributed by atoms with van der Waals surface area (Å²) in [7, 11) is 4.65. The molecule has 35 heavy (non-hydrogen) atoms. The first-order valence-electron chi connectivity index (χ1n) is 10.9. The predicted molar refractivity (Wildman–Crippen MR) is 142 cm³/mol. The van der Waals surface area contributed by atoms with Gasteiger partial charge in [-0.25, -0.2) is 4.98 Å². The van der Waals surface area contributed by atoms with E-state index >= 15 is 0 Å². The van der Waals surface area contributed by atoms with Crippen LogP contribution in [0.2, 0.25) is 5.02 Å². The summed E-state index contributed by atoms with van der Waals surface area (Å²) in [5.41, 5.74) is 2.47. The van der Waals surface area contributed by atoms with Gasteiger partial charge in [-0.05, 0) is 30.7 Å². The van der Waals surface area contributed by atoms with Crippen molar-refractivity contribution in [3.05, 3.63) is 68.6 Å². The average Bonchev–Trinajstić information content (AvgIpc) is 3.27. The van der Waals surface area contributed by atoms with E-state index in [9.17, 15) is 4.79 Å². The highest BCUT2D eigenvalue weighted by molar-refractivity contribution is 7.80. The van der Waals surface area contributed by atoms with Crippen LogP contribution in [0.1, 0.15) is 33.5 Å². The number of nitrogens with zero attached hydrogens (tertiary/aromatic N) is 1. The molecule has 0 saturated heterocycles. The molecule has 2 N–H and O–H groups in total. The third kappa shape index (κ3) is 5.75. The Balaban J connectivity index is 1.67. The molecule has 0 aliphatic carbocycles. The van der Waals surface area contributed by atoms with Gasteiger partial charge in [0.05, 0.1) is 19.2 Å². The van der Waals surface area contributed by atoms with Gasteiger partial charge in [0.15, 0.2) is 18.6 Å². The second kappa shape index (κ2) is 11.3. The lowest BCUT2D eigenvalue weighted by Crippen LogP contribution is -2.30. The highest BCUT2D eigenvalue weighted by Crippen LogP contribution is 2.44. The molecule has 7 nitrogen and oxygen atoms in total. The SMILES string of the molecule is COC(=[OH+])CCc1cnc(C[C@@H]2O[C@H](c3cccc(OC)c3OC)c3cc(Cl)ccc3NC2=S)s1. The summed E-state index contributed by atoms with van der Waals surface area (Å²) in [5.74, 6) is 1.20. The van der Waals surface area contributed by atoms with Gasteiger partial charge < -0.3 is 29.1 Å². The van der Waals surface area contributed by atoms with Crippen LogP contribution < -0.4 is 14.8 Å². The molecule has 0 spiro atoms. The van der Waals surface area contributed by atoms with Crippen molar-refractivity contribution in [1.29, 1.82) is 0 Å². The predicted octanol–water partition coefficient (Wildman–Crippen LogP) is 5.37. The first-order chi connectivity index (χ1) is 16.9. The number of nitrogens with one attached hydrogen (secondary N) is 1. The smallest absolute Gasteiger partial charge is 0.482 e. The van der Waals surface area contributed by atoms with Crippen molar-refractivity contribution in [3.63, 3.8) is 0 Å². The van der Waals surface area contributed by atoms with Crippen LogP contribution in [0.15, 0.2) is 42.6 Å². The monoisotopic (exact) mass is 533 g/mol. The van der Waals surface area contributed by atoms with Crippen LogP contribution >= 0.6 is 35.2 Å². The summed E-state index contributed by atoms with van der Waals surface area (Å²) < 4.78 is 22.7. The fourth-order valence-electron chi connectivity index (χ4n) is 3.93. The second-order valence-electron chi connectivity index (χ2n) is 7.83. The zero-order valence-corrected chi connectivity index (χ0v) is 21.9. The number of rotatable bonds is 8. The molecule has 0 radical (unpaired) electrons. The maximum absolute atomic E-state index is 9.58. The standard InChI is InChI=1S/C25H25ClN2O5S2/c1-30-19-6-4-5-16(24(19)32-3)23-17-11-14(26)7-9-18(17)28-25(34)20(33-23)12-21-27-13-15(35-21)8-10-22(29)31-2/h4-7,9,11,13,20,23H,8,10,12H2,1-3H3,(H,28,34)/p+1/t20-,23+/m0/s1. The van der Waals surface area contributed by atoms with Gasteiger partial charge in [0.25, 0.3) is 0 Å². The zero-order valence-electron chi connectivity index (χ0n) is 19.5. The molecule has 0 fully saturated rings. The van der Waals surface area contributed by atoms with Crippen LogP contribution in [0.5, 0.6) is 11.5 Å². The number of para-hydroxylation sites is 1. The minimum atomic E-state index is -0.514. The Morgan fingerprint density at radius 2 is 2.03 bits per heavy atom. The number of hydrogen-bond acceptors (Lipinski definition) is 7. The molecule has 3 aromatic rings. The van der Waals surface area contributed by atoms with Crippen molar-refractivity contribution in [2.24, 2.45) is 0 Å². The van der Waals surface area contributed by atoms with Crippen molar-refractivity contribution in [2.45, 2.75) is 31.5 Å². The van der Waals surface area contributed by atoms with E-state index in [1.165, 1.54) is 7.11 Å². The normalized spacial score (nSPS) is 17.2. The van der Waals surface area contributed by atoms with E-state index in [-0.39, 0.29) is 5.97 Å². The molecule has 1 aliphatic rings. The number of esters is 1. The fraction of sp³-hybridized carbons (Fsp3) is 0.320. The van der Waals surface area contributed by atoms with Crippen LogP contribution in [-0.2, 0) is 22.3 Å². The summed E-state index contributed by atoms with van der Waals surface area (Å²) in [5, 5.41) is 4.81. The quantitative estimate of drug-likeness (QED) is 0.237. The maximum Gasteiger partial charge on any atom is 0.482 e. The van der Waals surface area contributed by atoms with E-state index in [2.05, 4.69) is 10.3 Å². The molecular formula is C25H26ClN2O5S2+. The summed E-state index contributed by atoms with van der Waals surface area (Å²) in [6.45, 7) is 0. The van der Waals surface area contributed by atoms with Crippen molar-refractivity contribution in [3.8, 4) is 11.5 Å². The lowest BCUT2D eigenvalue weighted by atomic mass is 9.98. The number of thiazole rings is 1. The Bertz CT molecular complexity index is 1230. The number of aryl methyl sites for hydroxylation is 1. The molecule has 0 saturated carbocycles. The third-order valence-electron chi connectivity index (χ3n) is 5.64. The number of anilines is 1. The number of thiocarbonyl (C=S) groups is 1. The van der Waals surface area contributed by atoms with E-state index in [0.29, 0.717) is 40.8 Å². The summed E-state index contributed by atoms with van der Waals surface area (Å²) in [4.78, 5) is 15.7. The molecule has 0 bridgehead atoms. The van der Waals surface area contributed by atoms with E-state index in [4.69, 9.17) is 42.8 Å².